The number of likely N-dealkylation sites (tertiary alicyclic amines) is 1. The van der Waals surface area contributed by atoms with Crippen molar-refractivity contribution in [2.45, 2.75) is 38.5 Å². The Labute approximate surface area is 171 Å². The minimum Gasteiger partial charge on any atom is -0.475 e. The predicted octanol–water partition coefficient (Wildman–Crippen LogP) is 3.61. The normalized spacial score (nSPS) is 15.6. The largest absolute Gasteiger partial charge is 0.490 e. The summed E-state index contributed by atoms with van der Waals surface area (Å²) in [6, 6.07) is 9.01. The zero-order chi connectivity index (χ0) is 21.7. The summed E-state index contributed by atoms with van der Waals surface area (Å²) >= 11 is 0. The number of aliphatic carboxylic acids is 1. The van der Waals surface area contributed by atoms with E-state index >= 15 is 0 Å². The van der Waals surface area contributed by atoms with Gasteiger partial charge in [0.25, 0.3) is 0 Å². The number of alkyl halides is 3. The van der Waals surface area contributed by atoms with Crippen molar-refractivity contribution in [3.8, 4) is 0 Å². The van der Waals surface area contributed by atoms with Crippen LogP contribution in [0.5, 0.6) is 0 Å². The Morgan fingerprint density at radius 1 is 1.23 bits per heavy atom. The van der Waals surface area contributed by atoms with Gasteiger partial charge in [-0.1, -0.05) is 18.2 Å². The van der Waals surface area contributed by atoms with Crippen LogP contribution in [0.4, 0.5) is 13.2 Å². The minimum atomic E-state index is -5.08. The van der Waals surface area contributed by atoms with Crippen LogP contribution < -0.4 is 0 Å². The number of hydrogen-bond donors (Lipinski definition) is 1. The summed E-state index contributed by atoms with van der Waals surface area (Å²) in [4.78, 5) is 20.1. The molecule has 0 atom stereocenters. The maximum atomic E-state index is 10.6. The van der Waals surface area contributed by atoms with Crippen LogP contribution in [0, 0.1) is 6.92 Å². The van der Waals surface area contributed by atoms with E-state index in [9.17, 15) is 13.2 Å². The molecule has 7 nitrogen and oxygen atoms in total. The summed E-state index contributed by atoms with van der Waals surface area (Å²) in [7, 11) is 0. The first kappa shape index (κ1) is 21.7. The molecule has 1 aliphatic rings. The van der Waals surface area contributed by atoms with Crippen molar-refractivity contribution >= 4 is 16.9 Å². The first-order valence-electron chi connectivity index (χ1n) is 9.45. The monoisotopic (exact) mass is 421 g/mol. The second-order valence-electron chi connectivity index (χ2n) is 7.12. The highest BCUT2D eigenvalue weighted by molar-refractivity contribution is 5.82. The Morgan fingerprint density at radius 2 is 1.93 bits per heavy atom. The first-order valence-corrected chi connectivity index (χ1v) is 9.45. The molecule has 0 saturated carbocycles. The number of aryl methyl sites for hydroxylation is 1. The lowest BCUT2D eigenvalue weighted by molar-refractivity contribution is -0.192. The number of carbonyl (C=O) groups is 1. The van der Waals surface area contributed by atoms with Gasteiger partial charge in [0.1, 0.15) is 12.7 Å². The predicted molar refractivity (Wildman–Crippen MR) is 104 cm³/mol. The summed E-state index contributed by atoms with van der Waals surface area (Å²) in [5, 5.41) is 12.6. The number of carboxylic acids is 1. The quantitative estimate of drug-likeness (QED) is 0.696. The van der Waals surface area contributed by atoms with Crippen molar-refractivity contribution in [3.63, 3.8) is 0 Å². The van der Waals surface area contributed by atoms with Crippen LogP contribution in [0.2, 0.25) is 0 Å². The number of fused-ring (bicyclic) bond motifs is 1. The molecule has 0 bridgehead atoms. The fourth-order valence-electron chi connectivity index (χ4n) is 3.48. The van der Waals surface area contributed by atoms with Crippen LogP contribution in [0.25, 0.3) is 10.9 Å². The van der Waals surface area contributed by atoms with Gasteiger partial charge >= 0.3 is 12.1 Å². The van der Waals surface area contributed by atoms with Crippen LogP contribution in [0.15, 0.2) is 43.1 Å². The Balaban J connectivity index is 0.000000318. The molecular weight excluding hydrogens is 399 g/mol. The molecule has 30 heavy (non-hydrogen) atoms. The molecule has 2 aromatic heterocycles. The van der Waals surface area contributed by atoms with E-state index in [0.717, 1.165) is 38.0 Å². The summed E-state index contributed by atoms with van der Waals surface area (Å²) in [6.07, 6.45) is 2.51. The number of hydrogen-bond acceptors (Lipinski definition) is 5. The third-order valence-corrected chi connectivity index (χ3v) is 5.11. The second-order valence-corrected chi connectivity index (χ2v) is 7.12. The van der Waals surface area contributed by atoms with Crippen LogP contribution in [-0.4, -0.2) is 55.0 Å². The number of piperidine rings is 1. The SMILES string of the molecule is Cc1ccc2cccnc2c1CN1CCC(n2cncn2)CC1.O=C(O)C(F)(F)F. The van der Waals surface area contributed by atoms with Gasteiger partial charge in [-0.15, -0.1) is 0 Å². The summed E-state index contributed by atoms with van der Waals surface area (Å²) < 4.78 is 33.7. The molecule has 10 heteroatoms. The van der Waals surface area contributed by atoms with E-state index in [0.29, 0.717) is 6.04 Å². The lowest BCUT2D eigenvalue weighted by Gasteiger charge is -2.32. The van der Waals surface area contributed by atoms with Gasteiger partial charge in [-0.2, -0.15) is 18.3 Å². The zero-order valence-electron chi connectivity index (χ0n) is 16.4. The molecule has 0 spiro atoms. The average Bonchev–Trinajstić information content (AvgIpc) is 3.25. The molecule has 1 fully saturated rings. The van der Waals surface area contributed by atoms with E-state index in [-0.39, 0.29) is 0 Å². The second kappa shape index (κ2) is 9.21. The Morgan fingerprint density at radius 3 is 2.53 bits per heavy atom. The van der Waals surface area contributed by atoms with E-state index < -0.39 is 12.1 Å². The van der Waals surface area contributed by atoms with E-state index in [1.165, 1.54) is 16.5 Å². The Hall–Kier alpha value is -3.01. The first-order chi connectivity index (χ1) is 14.3. The molecule has 3 heterocycles. The van der Waals surface area contributed by atoms with Gasteiger partial charge in [0.05, 0.1) is 11.6 Å². The molecule has 4 rings (SSSR count). The molecule has 0 radical (unpaired) electrons. The summed E-state index contributed by atoms with van der Waals surface area (Å²) in [5.74, 6) is -2.76. The van der Waals surface area contributed by atoms with Crippen molar-refractivity contribution in [1.82, 2.24) is 24.6 Å². The molecule has 3 aromatic rings. The molecule has 160 valence electrons. The van der Waals surface area contributed by atoms with Gasteiger partial charge in [0.15, 0.2) is 0 Å². The lowest BCUT2D eigenvalue weighted by atomic mass is 10.0. The molecule has 0 aliphatic carbocycles. The highest BCUT2D eigenvalue weighted by atomic mass is 19.4. The maximum Gasteiger partial charge on any atom is 0.490 e. The molecule has 1 saturated heterocycles. The third-order valence-electron chi connectivity index (χ3n) is 5.11. The highest BCUT2D eigenvalue weighted by Crippen LogP contribution is 2.26. The van der Waals surface area contributed by atoms with Crippen LogP contribution in [0.1, 0.15) is 30.0 Å². The molecule has 0 amide bonds. The standard InChI is InChI=1S/C18H21N5.C2HF3O2/c1-14-4-5-15-3-2-8-20-18(15)17(14)11-22-9-6-16(7-10-22)23-13-19-12-21-23;3-2(4,5)1(6)7/h2-5,8,12-13,16H,6-7,9-11H2,1H3;(H,6,7). The smallest absolute Gasteiger partial charge is 0.475 e. The van der Waals surface area contributed by atoms with Crippen molar-refractivity contribution in [2.24, 2.45) is 0 Å². The van der Waals surface area contributed by atoms with Crippen molar-refractivity contribution in [1.29, 1.82) is 0 Å². The van der Waals surface area contributed by atoms with E-state index in [4.69, 9.17) is 9.90 Å². The number of pyridine rings is 1. The Kier molecular flexibility index (Phi) is 6.66. The number of carboxylic acid groups (broad SMARTS) is 1. The zero-order valence-corrected chi connectivity index (χ0v) is 16.4. The van der Waals surface area contributed by atoms with Gasteiger partial charge < -0.3 is 5.11 Å². The molecular formula is C20H22F3N5O2. The van der Waals surface area contributed by atoms with Gasteiger partial charge in [0.2, 0.25) is 0 Å². The number of aromatic nitrogens is 4. The van der Waals surface area contributed by atoms with Gasteiger partial charge in [-0.3, -0.25) is 9.88 Å². The lowest BCUT2D eigenvalue weighted by Crippen LogP contribution is -2.34. The van der Waals surface area contributed by atoms with E-state index in [1.54, 1.807) is 6.33 Å². The van der Waals surface area contributed by atoms with Crippen LogP contribution in [0.3, 0.4) is 0 Å². The number of rotatable bonds is 3. The van der Waals surface area contributed by atoms with E-state index in [2.05, 4.69) is 45.1 Å². The summed E-state index contributed by atoms with van der Waals surface area (Å²) in [6.45, 7) is 5.34. The van der Waals surface area contributed by atoms with Gasteiger partial charge in [-0.25, -0.2) is 14.5 Å². The molecule has 0 unspecified atom stereocenters. The fraction of sp³-hybridized carbons (Fsp3) is 0.400. The summed E-state index contributed by atoms with van der Waals surface area (Å²) in [5.41, 5.74) is 3.84. The van der Waals surface area contributed by atoms with Crippen LogP contribution in [-0.2, 0) is 11.3 Å². The van der Waals surface area contributed by atoms with Gasteiger partial charge in [0, 0.05) is 31.2 Å². The third kappa shape index (κ3) is 5.32. The minimum absolute atomic E-state index is 0.487. The average molecular weight is 421 g/mol. The van der Waals surface area contributed by atoms with Crippen LogP contribution >= 0.6 is 0 Å². The van der Waals surface area contributed by atoms with Crippen molar-refractivity contribution in [3.05, 3.63) is 54.2 Å². The van der Waals surface area contributed by atoms with Crippen molar-refractivity contribution < 1.29 is 23.1 Å². The van der Waals surface area contributed by atoms with Gasteiger partial charge in [-0.05, 0) is 37.0 Å². The molecule has 1 aliphatic heterocycles. The topological polar surface area (TPSA) is 84.1 Å². The fourth-order valence-corrected chi connectivity index (χ4v) is 3.48. The Bertz CT molecular complexity index is 984. The van der Waals surface area contributed by atoms with Crippen molar-refractivity contribution in [2.75, 3.05) is 13.1 Å². The molecule has 1 aromatic carbocycles. The number of benzene rings is 1. The maximum absolute atomic E-state index is 10.6. The number of nitrogens with zero attached hydrogens (tertiary/aromatic N) is 5. The highest BCUT2D eigenvalue weighted by Gasteiger charge is 2.38. The van der Waals surface area contributed by atoms with E-state index in [1.807, 2.05) is 23.3 Å². The number of halogens is 3. The molecule has 1 N–H and O–H groups in total.